The number of benzene rings is 2. The molecular weight excluding hydrogens is 373 g/mol. The molecule has 1 aromatic heterocycles. The van der Waals surface area contributed by atoms with Gasteiger partial charge in [-0.3, -0.25) is 0 Å². The van der Waals surface area contributed by atoms with Gasteiger partial charge in [0.15, 0.2) is 5.58 Å². The van der Waals surface area contributed by atoms with Gasteiger partial charge in [-0.05, 0) is 36.2 Å². The second kappa shape index (κ2) is 8.97. The van der Waals surface area contributed by atoms with E-state index in [2.05, 4.69) is 9.72 Å². The largest absolute Gasteiger partial charge is 0.492 e. The molecule has 0 N–H and O–H groups in total. The van der Waals surface area contributed by atoms with Crippen molar-refractivity contribution in [2.24, 2.45) is 0 Å². The third kappa shape index (κ3) is 5.88. The minimum absolute atomic E-state index is 0.0228. The van der Waals surface area contributed by atoms with Crippen molar-refractivity contribution >= 4 is 17.1 Å². The zero-order chi connectivity index (χ0) is 20.0. The summed E-state index contributed by atoms with van der Waals surface area (Å²) in [4.78, 5) is 6.29. The first-order chi connectivity index (χ1) is 13.4. The van der Waals surface area contributed by atoms with Gasteiger partial charge in [0.1, 0.15) is 24.5 Å². The number of halogens is 3. The first kappa shape index (κ1) is 20.0. The van der Waals surface area contributed by atoms with Gasteiger partial charge in [-0.25, -0.2) is 0 Å². The summed E-state index contributed by atoms with van der Waals surface area (Å²) in [6.45, 7) is -0.181. The molecule has 0 unspecified atom stereocenters. The molecule has 5 nitrogen and oxygen atoms in total. The summed E-state index contributed by atoms with van der Waals surface area (Å²) in [6.07, 6.45) is -3.88. The minimum Gasteiger partial charge on any atom is -0.492 e. The Balaban J connectivity index is 1.41. The lowest BCUT2D eigenvalue weighted by molar-refractivity contribution is -0.173. The molecular formula is C20H21F3N2O3. The van der Waals surface area contributed by atoms with Crippen LogP contribution in [0.1, 0.15) is 5.56 Å². The fraction of sp³-hybridized carbons (Fsp3) is 0.350. The maximum Gasteiger partial charge on any atom is 0.411 e. The van der Waals surface area contributed by atoms with Crippen LogP contribution >= 0.6 is 0 Å². The molecule has 0 bridgehead atoms. The van der Waals surface area contributed by atoms with E-state index in [0.717, 1.165) is 16.7 Å². The zero-order valence-corrected chi connectivity index (χ0v) is 15.4. The second-order valence-corrected chi connectivity index (χ2v) is 6.30. The number of alkyl halides is 3. The van der Waals surface area contributed by atoms with Crippen LogP contribution in [0.3, 0.4) is 0 Å². The average molecular weight is 394 g/mol. The number of rotatable bonds is 9. The van der Waals surface area contributed by atoms with Crippen LogP contribution in [-0.4, -0.2) is 44.6 Å². The molecule has 0 aliphatic rings. The number of likely N-dealkylation sites (N-methyl/N-ethyl adjacent to an activating group) is 1. The number of oxazole rings is 1. The molecule has 0 aliphatic carbocycles. The molecule has 0 aliphatic heterocycles. The third-order valence-electron chi connectivity index (χ3n) is 4.03. The van der Waals surface area contributed by atoms with Crippen LogP contribution < -0.4 is 9.64 Å². The van der Waals surface area contributed by atoms with Crippen LogP contribution in [-0.2, 0) is 11.2 Å². The Morgan fingerprint density at radius 3 is 2.50 bits per heavy atom. The fourth-order valence-electron chi connectivity index (χ4n) is 2.55. The molecule has 28 heavy (non-hydrogen) atoms. The van der Waals surface area contributed by atoms with Crippen LogP contribution in [0, 0.1) is 0 Å². The fourth-order valence-corrected chi connectivity index (χ4v) is 2.55. The Bertz CT molecular complexity index is 845. The van der Waals surface area contributed by atoms with Gasteiger partial charge < -0.3 is 18.8 Å². The van der Waals surface area contributed by atoms with Gasteiger partial charge in [-0.2, -0.15) is 18.2 Å². The van der Waals surface area contributed by atoms with Gasteiger partial charge >= 0.3 is 6.18 Å². The van der Waals surface area contributed by atoms with Crippen molar-refractivity contribution in [3.8, 4) is 5.75 Å². The Hall–Kier alpha value is -2.74. The quantitative estimate of drug-likeness (QED) is 0.502. The first-order valence-corrected chi connectivity index (χ1v) is 8.84. The Kier molecular flexibility index (Phi) is 6.41. The van der Waals surface area contributed by atoms with E-state index in [0.29, 0.717) is 31.3 Å². The van der Waals surface area contributed by atoms with E-state index >= 15 is 0 Å². The number of anilines is 1. The van der Waals surface area contributed by atoms with Gasteiger partial charge in [0.25, 0.3) is 6.01 Å². The zero-order valence-electron chi connectivity index (χ0n) is 15.4. The first-order valence-electron chi connectivity index (χ1n) is 8.84. The summed E-state index contributed by atoms with van der Waals surface area (Å²) in [5.41, 5.74) is 2.43. The van der Waals surface area contributed by atoms with Crippen molar-refractivity contribution in [2.45, 2.75) is 12.6 Å². The standard InChI is InChI=1S/C20H21F3N2O3/c1-25(19-24-17-4-2-3-5-18(17)28-19)11-13-27-16-8-6-15(7-9-16)10-12-26-14-20(21,22)23/h2-9H,10-14H2,1H3. The summed E-state index contributed by atoms with van der Waals surface area (Å²) in [5.74, 6) is 0.686. The third-order valence-corrected chi connectivity index (χ3v) is 4.03. The molecule has 8 heteroatoms. The molecule has 0 radical (unpaired) electrons. The molecule has 0 saturated heterocycles. The number of hydrogen-bond acceptors (Lipinski definition) is 5. The van der Waals surface area contributed by atoms with Gasteiger partial charge in [-0.1, -0.05) is 24.3 Å². The Morgan fingerprint density at radius 2 is 1.79 bits per heavy atom. The number of nitrogens with zero attached hydrogens (tertiary/aromatic N) is 2. The molecule has 0 fully saturated rings. The second-order valence-electron chi connectivity index (χ2n) is 6.30. The van der Waals surface area contributed by atoms with Crippen molar-refractivity contribution in [3.63, 3.8) is 0 Å². The minimum atomic E-state index is -4.29. The SMILES string of the molecule is CN(CCOc1ccc(CCOCC(F)(F)F)cc1)c1nc2ccccc2o1. The summed E-state index contributed by atoms with van der Waals surface area (Å²) in [5, 5.41) is 0. The topological polar surface area (TPSA) is 47.7 Å². The molecule has 0 saturated carbocycles. The van der Waals surface area contributed by atoms with Gasteiger partial charge in [0, 0.05) is 7.05 Å². The average Bonchev–Trinajstić information content (AvgIpc) is 3.10. The van der Waals surface area contributed by atoms with E-state index in [1.165, 1.54) is 0 Å². The van der Waals surface area contributed by atoms with E-state index in [-0.39, 0.29) is 6.61 Å². The molecule has 1 heterocycles. The molecule has 3 rings (SSSR count). The number of fused-ring (bicyclic) bond motifs is 1. The lowest BCUT2D eigenvalue weighted by atomic mass is 10.1. The highest BCUT2D eigenvalue weighted by Gasteiger charge is 2.27. The highest BCUT2D eigenvalue weighted by atomic mass is 19.4. The molecule has 0 atom stereocenters. The summed E-state index contributed by atoms with van der Waals surface area (Å²) < 4.78 is 52.1. The van der Waals surface area contributed by atoms with Crippen molar-refractivity contribution in [1.29, 1.82) is 0 Å². The molecule has 3 aromatic rings. The van der Waals surface area contributed by atoms with Crippen LogP contribution in [0.15, 0.2) is 52.9 Å². The lowest BCUT2D eigenvalue weighted by Crippen LogP contribution is -2.23. The van der Waals surface area contributed by atoms with E-state index < -0.39 is 12.8 Å². The Labute approximate surface area is 160 Å². The number of hydrogen-bond donors (Lipinski definition) is 0. The van der Waals surface area contributed by atoms with E-state index in [9.17, 15) is 13.2 Å². The van der Waals surface area contributed by atoms with Crippen molar-refractivity contribution in [3.05, 3.63) is 54.1 Å². The highest BCUT2D eigenvalue weighted by Crippen LogP contribution is 2.20. The summed E-state index contributed by atoms with van der Waals surface area (Å²) in [7, 11) is 1.87. The van der Waals surface area contributed by atoms with Crippen molar-refractivity contribution in [2.75, 3.05) is 38.3 Å². The molecule has 0 spiro atoms. The number of aromatic nitrogens is 1. The smallest absolute Gasteiger partial charge is 0.411 e. The van der Waals surface area contributed by atoms with Crippen molar-refractivity contribution in [1.82, 2.24) is 4.98 Å². The van der Waals surface area contributed by atoms with E-state index in [1.54, 1.807) is 12.1 Å². The Morgan fingerprint density at radius 1 is 1.04 bits per heavy atom. The molecule has 2 aromatic carbocycles. The van der Waals surface area contributed by atoms with E-state index in [1.807, 2.05) is 48.3 Å². The number of ether oxygens (including phenoxy) is 2. The normalized spacial score (nSPS) is 11.7. The van der Waals surface area contributed by atoms with Crippen LogP contribution in [0.25, 0.3) is 11.1 Å². The van der Waals surface area contributed by atoms with Crippen LogP contribution in [0.2, 0.25) is 0 Å². The predicted octanol–water partition coefficient (Wildman–Crippen LogP) is 4.46. The van der Waals surface area contributed by atoms with E-state index in [4.69, 9.17) is 9.15 Å². The summed E-state index contributed by atoms with van der Waals surface area (Å²) >= 11 is 0. The maximum atomic E-state index is 12.0. The number of para-hydroxylation sites is 2. The van der Waals surface area contributed by atoms with Gasteiger partial charge in [0.2, 0.25) is 0 Å². The summed E-state index contributed by atoms with van der Waals surface area (Å²) in [6, 6.07) is 15.3. The predicted molar refractivity (Wildman–Crippen MR) is 99.8 cm³/mol. The van der Waals surface area contributed by atoms with Gasteiger partial charge in [0.05, 0.1) is 13.2 Å². The molecule has 150 valence electrons. The molecule has 0 amide bonds. The van der Waals surface area contributed by atoms with Gasteiger partial charge in [-0.15, -0.1) is 0 Å². The monoisotopic (exact) mass is 394 g/mol. The highest BCUT2D eigenvalue weighted by molar-refractivity contribution is 5.74. The van der Waals surface area contributed by atoms with Crippen molar-refractivity contribution < 1.29 is 27.1 Å². The maximum absolute atomic E-state index is 12.0. The van der Waals surface area contributed by atoms with Crippen LogP contribution in [0.4, 0.5) is 19.2 Å². The van der Waals surface area contributed by atoms with Crippen LogP contribution in [0.5, 0.6) is 5.75 Å². The lowest BCUT2D eigenvalue weighted by Gasteiger charge is -2.15.